The number of nitrogens with two attached hydrogens (primary N) is 1. The van der Waals surface area contributed by atoms with Crippen molar-refractivity contribution in [2.24, 2.45) is 17.6 Å². The third-order valence-corrected chi connectivity index (χ3v) is 7.45. The molecule has 1 aliphatic rings. The van der Waals surface area contributed by atoms with E-state index < -0.39 is 36.0 Å². The van der Waals surface area contributed by atoms with Crippen molar-refractivity contribution in [1.82, 2.24) is 25.9 Å². The summed E-state index contributed by atoms with van der Waals surface area (Å²) in [6, 6.07) is 7.06. The van der Waals surface area contributed by atoms with Gasteiger partial charge in [-0.15, -0.1) is 0 Å². The minimum atomic E-state index is -1.05. The number of benzene rings is 1. The molecule has 3 amide bonds. The van der Waals surface area contributed by atoms with Gasteiger partial charge in [0.15, 0.2) is 0 Å². The fourth-order valence-corrected chi connectivity index (χ4v) is 5.16. The summed E-state index contributed by atoms with van der Waals surface area (Å²) in [5.74, 6) is -0.483. The summed E-state index contributed by atoms with van der Waals surface area (Å²) in [5.41, 5.74) is 7.80. The molecule has 3 unspecified atom stereocenters. The number of hydrogen-bond acceptors (Lipinski definition) is 6. The third kappa shape index (κ3) is 10.7. The Morgan fingerprint density at radius 3 is 2.42 bits per heavy atom. The Bertz CT molecular complexity index is 1040. The Morgan fingerprint density at radius 2 is 1.77 bits per heavy atom. The van der Waals surface area contributed by atoms with Gasteiger partial charge in [0, 0.05) is 24.9 Å². The normalized spacial score (nSPS) is 17.0. The number of nitrogens with zero attached hydrogens (tertiary/aromatic N) is 1. The highest BCUT2D eigenvalue weighted by Gasteiger charge is 2.31. The van der Waals surface area contributed by atoms with Crippen LogP contribution in [0.15, 0.2) is 42.9 Å². The average Bonchev–Trinajstić information content (AvgIpc) is 3.45. The molecule has 10 heteroatoms. The van der Waals surface area contributed by atoms with Crippen molar-refractivity contribution in [3.8, 4) is 0 Å². The van der Waals surface area contributed by atoms with Crippen molar-refractivity contribution < 1.29 is 19.5 Å². The summed E-state index contributed by atoms with van der Waals surface area (Å²) < 4.78 is 0. The first-order valence-electron chi connectivity index (χ1n) is 14.5. The molecule has 7 N–H and O–H groups in total. The van der Waals surface area contributed by atoms with Crippen LogP contribution >= 0.6 is 0 Å². The first-order valence-corrected chi connectivity index (χ1v) is 14.5. The topological polar surface area (TPSA) is 162 Å². The number of carbonyl (C=O) groups is 3. The van der Waals surface area contributed by atoms with Crippen LogP contribution in [-0.2, 0) is 27.2 Å². The van der Waals surface area contributed by atoms with Crippen LogP contribution in [0.4, 0.5) is 0 Å². The van der Waals surface area contributed by atoms with Gasteiger partial charge in [0.1, 0.15) is 6.04 Å². The second-order valence-electron chi connectivity index (χ2n) is 11.5. The average molecular weight is 555 g/mol. The van der Waals surface area contributed by atoms with E-state index in [0.717, 1.165) is 31.2 Å². The van der Waals surface area contributed by atoms with Gasteiger partial charge < -0.3 is 31.8 Å². The number of nitrogens with one attached hydrogen (secondary N) is 4. The lowest BCUT2D eigenvalue weighted by atomic mass is 9.83. The van der Waals surface area contributed by atoms with Crippen molar-refractivity contribution in [3.05, 3.63) is 54.1 Å². The number of carbonyl (C=O) groups excluding carboxylic acids is 3. The molecule has 1 aromatic heterocycles. The summed E-state index contributed by atoms with van der Waals surface area (Å²) in [4.78, 5) is 46.2. The van der Waals surface area contributed by atoms with Gasteiger partial charge in [0.2, 0.25) is 17.7 Å². The Hall–Kier alpha value is -3.24. The summed E-state index contributed by atoms with van der Waals surface area (Å²) >= 11 is 0. The van der Waals surface area contributed by atoms with E-state index in [1.165, 1.54) is 12.7 Å². The minimum absolute atomic E-state index is 0.107. The van der Waals surface area contributed by atoms with Crippen molar-refractivity contribution in [3.63, 3.8) is 0 Å². The molecule has 0 saturated heterocycles. The highest BCUT2D eigenvalue weighted by Crippen LogP contribution is 2.28. The number of aromatic nitrogens is 2. The van der Waals surface area contributed by atoms with Crippen molar-refractivity contribution in [2.75, 3.05) is 6.54 Å². The van der Waals surface area contributed by atoms with Crippen LogP contribution in [-0.4, -0.2) is 63.6 Å². The maximum Gasteiger partial charge on any atom is 0.243 e. The molecule has 0 radical (unpaired) electrons. The lowest BCUT2D eigenvalue weighted by Crippen LogP contribution is -2.56. The van der Waals surface area contributed by atoms with E-state index in [9.17, 15) is 19.5 Å². The largest absolute Gasteiger partial charge is 0.390 e. The maximum absolute atomic E-state index is 13.6. The van der Waals surface area contributed by atoms with Gasteiger partial charge in [-0.3, -0.25) is 14.4 Å². The molecule has 1 aliphatic carbocycles. The van der Waals surface area contributed by atoms with Gasteiger partial charge >= 0.3 is 0 Å². The molecule has 40 heavy (non-hydrogen) atoms. The molecule has 10 nitrogen and oxygen atoms in total. The number of hydrogen-bond donors (Lipinski definition) is 6. The number of aliphatic hydroxyl groups excluding tert-OH is 1. The SMILES string of the molecule is CC(C)CNC(=O)CC(O)C(CC1CCCCC1)NC(=O)[C@H](Cc1cnc[nH]1)NC(=O)C(N)Cc1ccccc1. The number of amides is 3. The molecule has 3 rings (SSSR count). The Balaban J connectivity index is 1.70. The van der Waals surface area contributed by atoms with Gasteiger partial charge in [0.05, 0.1) is 30.9 Å². The molecule has 1 aromatic carbocycles. The molecule has 1 fully saturated rings. The Labute approximate surface area is 237 Å². The second-order valence-corrected chi connectivity index (χ2v) is 11.5. The highest BCUT2D eigenvalue weighted by atomic mass is 16.3. The van der Waals surface area contributed by atoms with Gasteiger partial charge in [-0.1, -0.05) is 76.3 Å². The minimum Gasteiger partial charge on any atom is -0.390 e. The van der Waals surface area contributed by atoms with E-state index in [0.29, 0.717) is 36.9 Å². The monoisotopic (exact) mass is 554 g/mol. The zero-order valence-electron chi connectivity index (χ0n) is 23.8. The molecule has 0 bridgehead atoms. The molecule has 2 aromatic rings. The fourth-order valence-electron chi connectivity index (χ4n) is 5.16. The van der Waals surface area contributed by atoms with E-state index in [4.69, 9.17) is 5.73 Å². The van der Waals surface area contributed by atoms with Gasteiger partial charge in [-0.05, 0) is 30.2 Å². The highest BCUT2D eigenvalue weighted by molar-refractivity contribution is 5.90. The van der Waals surface area contributed by atoms with E-state index in [-0.39, 0.29) is 18.7 Å². The smallest absolute Gasteiger partial charge is 0.243 e. The quantitative estimate of drug-likeness (QED) is 0.197. The summed E-state index contributed by atoms with van der Waals surface area (Å²) in [6.45, 7) is 4.53. The molecule has 1 heterocycles. The van der Waals surface area contributed by atoms with E-state index in [2.05, 4.69) is 25.9 Å². The predicted octanol–water partition coefficient (Wildman–Crippen LogP) is 1.99. The van der Waals surface area contributed by atoms with Crippen molar-refractivity contribution >= 4 is 17.7 Å². The number of H-pyrrole nitrogens is 1. The third-order valence-electron chi connectivity index (χ3n) is 7.45. The van der Waals surface area contributed by atoms with Crippen LogP contribution in [0.2, 0.25) is 0 Å². The maximum atomic E-state index is 13.6. The number of aliphatic hydroxyl groups is 1. The zero-order valence-corrected chi connectivity index (χ0v) is 23.8. The van der Waals surface area contributed by atoms with E-state index in [1.54, 1.807) is 6.20 Å². The van der Waals surface area contributed by atoms with Crippen molar-refractivity contribution in [2.45, 2.75) is 95.9 Å². The second kappa shape index (κ2) is 16.1. The lowest BCUT2D eigenvalue weighted by Gasteiger charge is -2.31. The fraction of sp³-hybridized carbons (Fsp3) is 0.600. The summed E-state index contributed by atoms with van der Waals surface area (Å²) in [6.07, 6.45) is 8.52. The Kier molecular flexibility index (Phi) is 12.6. The molecule has 220 valence electrons. The lowest BCUT2D eigenvalue weighted by molar-refractivity contribution is -0.131. The van der Waals surface area contributed by atoms with Crippen LogP contribution in [0, 0.1) is 11.8 Å². The zero-order chi connectivity index (χ0) is 28.9. The molecule has 0 spiro atoms. The van der Waals surface area contributed by atoms with E-state index in [1.807, 2.05) is 44.2 Å². The number of imidazole rings is 1. The molecular formula is C30H46N6O4. The summed E-state index contributed by atoms with van der Waals surface area (Å²) in [7, 11) is 0. The van der Waals surface area contributed by atoms with Crippen LogP contribution < -0.4 is 21.7 Å². The van der Waals surface area contributed by atoms with Crippen LogP contribution in [0.1, 0.15) is 70.1 Å². The predicted molar refractivity (Wildman–Crippen MR) is 154 cm³/mol. The van der Waals surface area contributed by atoms with Gasteiger partial charge in [-0.2, -0.15) is 0 Å². The van der Waals surface area contributed by atoms with Crippen LogP contribution in [0.5, 0.6) is 0 Å². The van der Waals surface area contributed by atoms with E-state index >= 15 is 0 Å². The molecule has 0 aliphatic heterocycles. The molecular weight excluding hydrogens is 508 g/mol. The van der Waals surface area contributed by atoms with Crippen LogP contribution in [0.25, 0.3) is 0 Å². The Morgan fingerprint density at radius 1 is 1.05 bits per heavy atom. The first kappa shape index (κ1) is 31.3. The molecule has 1 saturated carbocycles. The van der Waals surface area contributed by atoms with Gasteiger partial charge in [0.25, 0.3) is 0 Å². The number of aromatic amines is 1. The van der Waals surface area contributed by atoms with Gasteiger partial charge in [-0.25, -0.2) is 4.98 Å². The number of rotatable bonds is 15. The standard InChI is InChI=1S/C30H46N6O4/c1-20(2)17-33-28(38)16-27(37)25(14-22-11-7-4-8-12-22)35-30(40)26(15-23-18-32-19-34-23)36-29(39)24(31)13-21-9-5-3-6-10-21/h3,5-6,9-10,18-20,22,24-27,37H,4,7-8,11-17,31H2,1-2H3,(H,32,34)(H,33,38)(H,35,40)(H,36,39)/t24?,25?,26-,27?/m0/s1. The summed E-state index contributed by atoms with van der Waals surface area (Å²) in [5, 5.41) is 19.7. The van der Waals surface area contributed by atoms with Crippen LogP contribution in [0.3, 0.4) is 0 Å². The first-order chi connectivity index (χ1) is 19.2. The molecule has 4 atom stereocenters. The van der Waals surface area contributed by atoms with Crippen molar-refractivity contribution in [1.29, 1.82) is 0 Å².